The predicted molar refractivity (Wildman–Crippen MR) is 100 cm³/mol. The van der Waals surface area contributed by atoms with Gasteiger partial charge in [-0.05, 0) is 36.1 Å². The fourth-order valence-corrected chi connectivity index (χ4v) is 3.57. The quantitative estimate of drug-likeness (QED) is 0.598. The Labute approximate surface area is 148 Å². The molecule has 0 fully saturated rings. The molecule has 3 aromatic rings. The average Bonchev–Trinajstić information content (AvgIpc) is 3.03. The number of nitrogens with zero attached hydrogens (tertiary/aromatic N) is 1. The lowest BCUT2D eigenvalue weighted by atomic mass is 10.2. The Balaban J connectivity index is 1.40. The van der Waals surface area contributed by atoms with Gasteiger partial charge in [-0.25, -0.2) is 13.1 Å². The smallest absolute Gasteiger partial charge is 0.214 e. The van der Waals surface area contributed by atoms with Crippen molar-refractivity contribution >= 4 is 20.9 Å². The summed E-state index contributed by atoms with van der Waals surface area (Å²) in [5.41, 5.74) is 1.17. The molecule has 0 saturated heterocycles. The van der Waals surface area contributed by atoms with E-state index in [-0.39, 0.29) is 12.4 Å². The monoisotopic (exact) mass is 358 g/mol. The van der Waals surface area contributed by atoms with E-state index in [1.165, 1.54) is 10.9 Å². The summed E-state index contributed by atoms with van der Waals surface area (Å²) in [7, 11) is -3.32. The lowest BCUT2D eigenvalue weighted by molar-refractivity contribution is 0.340. The van der Waals surface area contributed by atoms with E-state index < -0.39 is 10.0 Å². The van der Waals surface area contributed by atoms with Crippen LogP contribution in [0.1, 0.15) is 6.42 Å². The third-order valence-electron chi connectivity index (χ3n) is 3.94. The van der Waals surface area contributed by atoms with Crippen molar-refractivity contribution in [1.29, 1.82) is 0 Å². The number of sulfonamides is 1. The molecule has 2 aromatic carbocycles. The van der Waals surface area contributed by atoms with Gasteiger partial charge in [0.1, 0.15) is 12.4 Å². The number of fused-ring (bicyclic) bond motifs is 1. The van der Waals surface area contributed by atoms with Gasteiger partial charge in [0.05, 0.1) is 5.75 Å². The lowest BCUT2D eigenvalue weighted by Gasteiger charge is -2.09. The van der Waals surface area contributed by atoms with Crippen LogP contribution < -0.4 is 9.46 Å². The molecule has 0 bridgehead atoms. The van der Waals surface area contributed by atoms with Gasteiger partial charge in [-0.15, -0.1) is 0 Å². The molecule has 1 aromatic heterocycles. The number of hydrogen-bond donors (Lipinski definition) is 1. The maximum absolute atomic E-state index is 12.0. The second kappa shape index (κ2) is 8.18. The Bertz CT molecular complexity index is 905. The maximum atomic E-state index is 12.0. The number of ether oxygens (including phenoxy) is 1. The van der Waals surface area contributed by atoms with Crippen LogP contribution in [-0.2, 0) is 16.6 Å². The second-order valence-corrected chi connectivity index (χ2v) is 7.72. The van der Waals surface area contributed by atoms with Gasteiger partial charge in [-0.3, -0.25) is 0 Å². The van der Waals surface area contributed by atoms with Gasteiger partial charge in [-0.1, -0.05) is 36.4 Å². The predicted octanol–water partition coefficient (Wildman–Crippen LogP) is 3.03. The van der Waals surface area contributed by atoms with E-state index in [0.29, 0.717) is 12.3 Å². The van der Waals surface area contributed by atoms with Gasteiger partial charge in [0.2, 0.25) is 10.0 Å². The van der Waals surface area contributed by atoms with Crippen molar-refractivity contribution in [1.82, 2.24) is 9.29 Å². The first-order valence-electron chi connectivity index (χ1n) is 8.33. The third kappa shape index (κ3) is 5.08. The van der Waals surface area contributed by atoms with Crippen LogP contribution in [0.2, 0.25) is 0 Å². The molecule has 0 radical (unpaired) electrons. The number of rotatable bonds is 9. The minimum absolute atomic E-state index is 0.0473. The van der Waals surface area contributed by atoms with Crippen LogP contribution in [0, 0.1) is 0 Å². The van der Waals surface area contributed by atoms with Gasteiger partial charge < -0.3 is 9.30 Å². The Kier molecular flexibility index (Phi) is 5.73. The second-order valence-electron chi connectivity index (χ2n) is 5.80. The summed E-state index contributed by atoms with van der Waals surface area (Å²) in [5.74, 6) is 0.631. The Morgan fingerprint density at radius 3 is 2.56 bits per heavy atom. The molecule has 0 saturated carbocycles. The molecule has 3 rings (SSSR count). The zero-order chi connectivity index (χ0) is 17.5. The summed E-state index contributed by atoms with van der Waals surface area (Å²) < 4.78 is 34.2. The van der Waals surface area contributed by atoms with Crippen molar-refractivity contribution in [3.8, 4) is 5.75 Å². The SMILES string of the molecule is O=S(=O)(CCOc1ccccc1)NCCCn1ccc2ccccc21. The molecule has 0 aliphatic heterocycles. The molecule has 25 heavy (non-hydrogen) atoms. The van der Waals surface area contributed by atoms with Crippen molar-refractivity contribution in [3.63, 3.8) is 0 Å². The van der Waals surface area contributed by atoms with Crippen molar-refractivity contribution in [2.24, 2.45) is 0 Å². The summed E-state index contributed by atoms with van der Waals surface area (Å²) in [4.78, 5) is 0. The number of aromatic nitrogens is 1. The van der Waals surface area contributed by atoms with Crippen LogP contribution in [0.5, 0.6) is 5.75 Å². The zero-order valence-corrected chi connectivity index (χ0v) is 14.8. The Morgan fingerprint density at radius 2 is 1.72 bits per heavy atom. The van der Waals surface area contributed by atoms with E-state index in [1.807, 2.05) is 36.5 Å². The number of para-hydroxylation sites is 2. The molecule has 0 spiro atoms. The normalized spacial score (nSPS) is 11.7. The fourth-order valence-electron chi connectivity index (χ4n) is 2.67. The van der Waals surface area contributed by atoms with E-state index >= 15 is 0 Å². The Morgan fingerprint density at radius 1 is 0.960 bits per heavy atom. The van der Waals surface area contributed by atoms with Gasteiger partial charge in [0.15, 0.2) is 0 Å². The minimum Gasteiger partial charge on any atom is -0.492 e. The molecule has 0 aliphatic carbocycles. The minimum atomic E-state index is -3.32. The van der Waals surface area contributed by atoms with Crippen LogP contribution in [0.15, 0.2) is 66.9 Å². The molecule has 1 heterocycles. The number of hydrogen-bond acceptors (Lipinski definition) is 3. The first-order chi connectivity index (χ1) is 12.1. The van der Waals surface area contributed by atoms with E-state index in [9.17, 15) is 8.42 Å². The van der Waals surface area contributed by atoms with Crippen molar-refractivity contribution in [2.45, 2.75) is 13.0 Å². The molecule has 0 unspecified atom stereocenters. The number of aryl methyl sites for hydroxylation is 1. The van der Waals surface area contributed by atoms with Crippen molar-refractivity contribution < 1.29 is 13.2 Å². The summed E-state index contributed by atoms with van der Waals surface area (Å²) in [6.07, 6.45) is 2.77. The van der Waals surface area contributed by atoms with Crippen LogP contribution >= 0.6 is 0 Å². The van der Waals surface area contributed by atoms with E-state index in [2.05, 4.69) is 27.5 Å². The molecule has 6 heteroatoms. The summed E-state index contributed by atoms with van der Waals surface area (Å²) in [6, 6.07) is 19.4. The molecule has 0 atom stereocenters. The highest BCUT2D eigenvalue weighted by Gasteiger charge is 2.10. The summed E-state index contributed by atoms with van der Waals surface area (Å²) >= 11 is 0. The fraction of sp³-hybridized carbons (Fsp3) is 0.263. The topological polar surface area (TPSA) is 60.3 Å². The number of benzene rings is 2. The first kappa shape index (κ1) is 17.5. The van der Waals surface area contributed by atoms with Crippen LogP contribution in [0.3, 0.4) is 0 Å². The van der Waals surface area contributed by atoms with Gasteiger partial charge in [0, 0.05) is 24.8 Å². The van der Waals surface area contributed by atoms with Gasteiger partial charge >= 0.3 is 0 Å². The summed E-state index contributed by atoms with van der Waals surface area (Å²) in [6.45, 7) is 1.33. The van der Waals surface area contributed by atoms with Gasteiger partial charge in [0.25, 0.3) is 0 Å². The number of nitrogens with one attached hydrogen (secondary N) is 1. The van der Waals surface area contributed by atoms with E-state index in [0.717, 1.165) is 13.0 Å². The molecular weight excluding hydrogens is 336 g/mol. The highest BCUT2D eigenvalue weighted by molar-refractivity contribution is 7.89. The lowest BCUT2D eigenvalue weighted by Crippen LogP contribution is -2.30. The van der Waals surface area contributed by atoms with Crippen molar-refractivity contribution in [2.75, 3.05) is 18.9 Å². The molecule has 1 N–H and O–H groups in total. The maximum Gasteiger partial charge on any atom is 0.214 e. The molecular formula is C19H22N2O3S. The van der Waals surface area contributed by atoms with Crippen LogP contribution in [-0.4, -0.2) is 31.9 Å². The van der Waals surface area contributed by atoms with E-state index in [4.69, 9.17) is 4.74 Å². The van der Waals surface area contributed by atoms with Gasteiger partial charge in [-0.2, -0.15) is 0 Å². The van der Waals surface area contributed by atoms with Crippen LogP contribution in [0.4, 0.5) is 0 Å². The zero-order valence-electron chi connectivity index (χ0n) is 14.0. The summed E-state index contributed by atoms with van der Waals surface area (Å²) in [5, 5.41) is 1.20. The molecule has 132 valence electrons. The highest BCUT2D eigenvalue weighted by atomic mass is 32.2. The molecule has 0 aliphatic rings. The van der Waals surface area contributed by atoms with Crippen LogP contribution in [0.25, 0.3) is 10.9 Å². The molecule has 0 amide bonds. The standard InChI is InChI=1S/C19H22N2O3S/c22-25(23,16-15-24-18-8-2-1-3-9-18)20-12-6-13-21-14-11-17-7-4-5-10-19(17)21/h1-5,7-11,14,20H,6,12-13,15-16H2. The Hall–Kier alpha value is -2.31. The molecule has 5 nitrogen and oxygen atoms in total. The average molecular weight is 358 g/mol. The first-order valence-corrected chi connectivity index (χ1v) is 9.98. The van der Waals surface area contributed by atoms with Crippen molar-refractivity contribution in [3.05, 3.63) is 66.9 Å². The largest absolute Gasteiger partial charge is 0.492 e. The van der Waals surface area contributed by atoms with E-state index in [1.54, 1.807) is 12.1 Å². The highest BCUT2D eigenvalue weighted by Crippen LogP contribution is 2.15. The third-order valence-corrected chi connectivity index (χ3v) is 5.29.